The van der Waals surface area contributed by atoms with Gasteiger partial charge in [0.15, 0.2) is 0 Å². The molecule has 3 atom stereocenters. The SMILES string of the molecule is CCOc1ccc(C(=O)N2[C@H](C(=O)O)C[C@H]3CCCC[C@@H]32)cn1. The Hall–Kier alpha value is -2.11. The number of amides is 1. The van der Waals surface area contributed by atoms with Gasteiger partial charge >= 0.3 is 5.97 Å². The van der Waals surface area contributed by atoms with E-state index in [1.807, 2.05) is 6.92 Å². The number of carboxylic acids is 1. The van der Waals surface area contributed by atoms with Crippen LogP contribution in [0.5, 0.6) is 5.88 Å². The monoisotopic (exact) mass is 318 g/mol. The van der Waals surface area contributed by atoms with Crippen molar-refractivity contribution >= 4 is 11.9 Å². The number of ether oxygens (including phenoxy) is 1. The number of rotatable bonds is 4. The Morgan fingerprint density at radius 2 is 2.13 bits per heavy atom. The molecule has 1 saturated heterocycles. The highest BCUT2D eigenvalue weighted by Crippen LogP contribution is 2.40. The Morgan fingerprint density at radius 3 is 2.78 bits per heavy atom. The number of pyridine rings is 1. The lowest BCUT2D eigenvalue weighted by Crippen LogP contribution is -2.46. The molecule has 1 aliphatic heterocycles. The summed E-state index contributed by atoms with van der Waals surface area (Å²) < 4.78 is 5.28. The van der Waals surface area contributed by atoms with Gasteiger partial charge in [-0.15, -0.1) is 0 Å². The van der Waals surface area contributed by atoms with Gasteiger partial charge in [0.1, 0.15) is 6.04 Å². The summed E-state index contributed by atoms with van der Waals surface area (Å²) in [6.07, 6.45) is 6.13. The zero-order chi connectivity index (χ0) is 16.4. The van der Waals surface area contributed by atoms with Crippen LogP contribution in [-0.2, 0) is 4.79 Å². The van der Waals surface area contributed by atoms with Crippen LogP contribution in [0.1, 0.15) is 49.4 Å². The lowest BCUT2D eigenvalue weighted by Gasteiger charge is -2.33. The standard InChI is InChI=1S/C17H22N2O4/c1-2-23-15-8-7-12(10-18-15)16(20)19-13-6-4-3-5-11(13)9-14(19)17(21)22/h7-8,10-11,13-14H,2-6,9H2,1H3,(H,21,22)/t11-,13+,14+/m1/s1. The molecule has 1 N–H and O–H groups in total. The van der Waals surface area contributed by atoms with Gasteiger partial charge in [0.05, 0.1) is 12.2 Å². The predicted octanol–water partition coefficient (Wildman–Crippen LogP) is 2.34. The second-order valence-electron chi connectivity index (χ2n) is 6.23. The van der Waals surface area contributed by atoms with E-state index in [-0.39, 0.29) is 11.9 Å². The van der Waals surface area contributed by atoms with E-state index < -0.39 is 12.0 Å². The quantitative estimate of drug-likeness (QED) is 0.921. The van der Waals surface area contributed by atoms with E-state index >= 15 is 0 Å². The second kappa shape index (κ2) is 6.56. The molecule has 2 fully saturated rings. The Balaban J connectivity index is 1.84. The average Bonchev–Trinajstić information content (AvgIpc) is 2.95. The van der Waals surface area contributed by atoms with Crippen LogP contribution < -0.4 is 4.74 Å². The van der Waals surface area contributed by atoms with Crippen molar-refractivity contribution in [2.75, 3.05) is 6.61 Å². The minimum atomic E-state index is -0.911. The zero-order valence-corrected chi connectivity index (χ0v) is 13.3. The summed E-state index contributed by atoms with van der Waals surface area (Å²) in [6, 6.07) is 2.64. The maximum absolute atomic E-state index is 12.9. The molecule has 0 unspecified atom stereocenters. The lowest BCUT2D eigenvalue weighted by molar-refractivity contribution is -0.141. The molecule has 1 amide bonds. The predicted molar refractivity (Wildman–Crippen MR) is 83.4 cm³/mol. The van der Waals surface area contributed by atoms with E-state index in [2.05, 4.69) is 4.98 Å². The topological polar surface area (TPSA) is 79.7 Å². The first-order valence-corrected chi connectivity index (χ1v) is 8.26. The molecule has 0 aromatic carbocycles. The van der Waals surface area contributed by atoms with E-state index in [0.29, 0.717) is 30.4 Å². The second-order valence-corrected chi connectivity index (χ2v) is 6.23. The van der Waals surface area contributed by atoms with Crippen LogP contribution in [-0.4, -0.2) is 45.6 Å². The van der Waals surface area contributed by atoms with E-state index in [1.54, 1.807) is 17.0 Å². The highest BCUT2D eigenvalue weighted by atomic mass is 16.5. The fourth-order valence-corrected chi connectivity index (χ4v) is 3.86. The molecule has 23 heavy (non-hydrogen) atoms. The Bertz CT molecular complexity index is 587. The summed E-state index contributed by atoms with van der Waals surface area (Å²) in [5.41, 5.74) is 0.422. The molecule has 1 aromatic rings. The van der Waals surface area contributed by atoms with Crippen LogP contribution in [0.15, 0.2) is 18.3 Å². The highest BCUT2D eigenvalue weighted by Gasteiger charge is 2.47. The fourth-order valence-electron chi connectivity index (χ4n) is 3.86. The van der Waals surface area contributed by atoms with Crippen molar-refractivity contribution in [2.24, 2.45) is 5.92 Å². The van der Waals surface area contributed by atoms with E-state index in [4.69, 9.17) is 4.74 Å². The van der Waals surface area contributed by atoms with Crippen molar-refractivity contribution in [2.45, 2.75) is 51.1 Å². The molecule has 0 radical (unpaired) electrons. The minimum absolute atomic E-state index is 0.0453. The number of likely N-dealkylation sites (tertiary alicyclic amines) is 1. The van der Waals surface area contributed by atoms with E-state index in [1.165, 1.54) is 6.20 Å². The maximum atomic E-state index is 12.9. The van der Waals surface area contributed by atoms with Gasteiger partial charge in [-0.2, -0.15) is 0 Å². The van der Waals surface area contributed by atoms with Crippen molar-refractivity contribution in [3.05, 3.63) is 23.9 Å². The largest absolute Gasteiger partial charge is 0.480 e. The molecule has 124 valence electrons. The average molecular weight is 318 g/mol. The number of aromatic nitrogens is 1. The van der Waals surface area contributed by atoms with Crippen molar-refractivity contribution in [1.29, 1.82) is 0 Å². The Labute approximate surface area is 135 Å². The van der Waals surface area contributed by atoms with Gasteiger partial charge in [0.25, 0.3) is 5.91 Å². The van der Waals surface area contributed by atoms with Gasteiger partial charge in [-0.3, -0.25) is 4.79 Å². The summed E-state index contributed by atoms with van der Waals surface area (Å²) in [5, 5.41) is 9.51. The van der Waals surface area contributed by atoms with E-state index in [9.17, 15) is 14.7 Å². The summed E-state index contributed by atoms with van der Waals surface area (Å²) in [5.74, 6) is -0.366. The first-order valence-electron chi connectivity index (χ1n) is 8.26. The van der Waals surface area contributed by atoms with Crippen LogP contribution in [0.25, 0.3) is 0 Å². The first-order chi connectivity index (χ1) is 11.1. The summed E-state index contributed by atoms with van der Waals surface area (Å²) in [4.78, 5) is 30.2. The maximum Gasteiger partial charge on any atom is 0.326 e. The number of hydrogen-bond acceptors (Lipinski definition) is 4. The first kappa shape index (κ1) is 15.8. The molecule has 6 heteroatoms. The molecule has 1 aromatic heterocycles. The normalized spacial score (nSPS) is 26.7. The smallest absolute Gasteiger partial charge is 0.326 e. The molecule has 0 spiro atoms. The molecule has 1 aliphatic carbocycles. The molecule has 2 heterocycles. The van der Waals surface area contributed by atoms with Crippen molar-refractivity contribution in [1.82, 2.24) is 9.88 Å². The molecular formula is C17H22N2O4. The fraction of sp³-hybridized carbons (Fsp3) is 0.588. The molecular weight excluding hydrogens is 296 g/mol. The molecule has 6 nitrogen and oxygen atoms in total. The van der Waals surface area contributed by atoms with Crippen molar-refractivity contribution in [3.8, 4) is 5.88 Å². The third-order valence-corrected chi connectivity index (χ3v) is 4.88. The summed E-state index contributed by atoms with van der Waals surface area (Å²) >= 11 is 0. The summed E-state index contributed by atoms with van der Waals surface area (Å²) in [6.45, 7) is 2.38. The lowest BCUT2D eigenvalue weighted by atomic mass is 9.84. The minimum Gasteiger partial charge on any atom is -0.480 e. The number of fused-ring (bicyclic) bond motifs is 1. The van der Waals surface area contributed by atoms with E-state index in [0.717, 1.165) is 25.7 Å². The molecule has 3 rings (SSSR count). The molecule has 0 bridgehead atoms. The number of carbonyl (C=O) groups excluding carboxylic acids is 1. The van der Waals surface area contributed by atoms with Crippen LogP contribution in [0, 0.1) is 5.92 Å². The number of hydrogen-bond donors (Lipinski definition) is 1. The number of aliphatic carboxylic acids is 1. The van der Waals surface area contributed by atoms with Gasteiger partial charge in [-0.1, -0.05) is 12.8 Å². The Kier molecular flexibility index (Phi) is 4.50. The zero-order valence-electron chi connectivity index (χ0n) is 13.3. The number of carbonyl (C=O) groups is 2. The molecule has 1 saturated carbocycles. The third-order valence-electron chi connectivity index (χ3n) is 4.88. The van der Waals surface area contributed by atoms with Gasteiger partial charge in [0.2, 0.25) is 5.88 Å². The Morgan fingerprint density at radius 1 is 1.35 bits per heavy atom. The van der Waals surface area contributed by atoms with Crippen LogP contribution in [0.4, 0.5) is 0 Å². The third kappa shape index (κ3) is 3.02. The van der Waals surface area contributed by atoms with Gasteiger partial charge in [-0.25, -0.2) is 9.78 Å². The highest BCUT2D eigenvalue weighted by molar-refractivity contribution is 5.97. The summed E-state index contributed by atoms with van der Waals surface area (Å²) in [7, 11) is 0. The van der Waals surface area contributed by atoms with Crippen LogP contribution in [0.2, 0.25) is 0 Å². The van der Waals surface area contributed by atoms with Crippen molar-refractivity contribution in [3.63, 3.8) is 0 Å². The van der Waals surface area contributed by atoms with Gasteiger partial charge in [0, 0.05) is 18.3 Å². The van der Waals surface area contributed by atoms with Crippen LogP contribution in [0.3, 0.4) is 0 Å². The van der Waals surface area contributed by atoms with Gasteiger partial charge < -0.3 is 14.7 Å². The molecule has 2 aliphatic rings. The number of nitrogens with zero attached hydrogens (tertiary/aromatic N) is 2. The van der Waals surface area contributed by atoms with Gasteiger partial charge in [-0.05, 0) is 38.2 Å². The van der Waals surface area contributed by atoms with Crippen LogP contribution >= 0.6 is 0 Å². The number of carboxylic acid groups (broad SMARTS) is 1. The van der Waals surface area contributed by atoms with Crippen molar-refractivity contribution < 1.29 is 19.4 Å².